The highest BCUT2D eigenvalue weighted by Crippen LogP contribution is 2.26. The molecule has 156 valence electrons. The fourth-order valence-corrected chi connectivity index (χ4v) is 3.56. The summed E-state index contributed by atoms with van der Waals surface area (Å²) >= 11 is 6.19. The maximum absolute atomic E-state index is 12.4. The second kappa shape index (κ2) is 9.84. The van der Waals surface area contributed by atoms with Crippen molar-refractivity contribution in [3.63, 3.8) is 0 Å². The van der Waals surface area contributed by atoms with E-state index in [2.05, 4.69) is 15.0 Å². The van der Waals surface area contributed by atoms with Gasteiger partial charge in [0.15, 0.2) is 5.82 Å². The lowest BCUT2D eigenvalue weighted by atomic mass is 10.2. The Balaban J connectivity index is 1.22. The molecule has 1 amide bonds. The number of carbonyl (C=O) groups excluding carboxylic acids is 1. The van der Waals surface area contributed by atoms with E-state index in [4.69, 9.17) is 20.9 Å². The summed E-state index contributed by atoms with van der Waals surface area (Å²) in [5.74, 6) is 1.04. The molecule has 0 spiro atoms. The molecule has 1 fully saturated rings. The van der Waals surface area contributed by atoms with Gasteiger partial charge in [0.05, 0.1) is 23.7 Å². The summed E-state index contributed by atoms with van der Waals surface area (Å²) < 4.78 is 10.9. The Morgan fingerprint density at radius 1 is 1.03 bits per heavy atom. The largest absolute Gasteiger partial charge is 0.367 e. The molecule has 30 heavy (non-hydrogen) atoms. The van der Waals surface area contributed by atoms with Crippen molar-refractivity contribution < 1.29 is 14.1 Å². The highest BCUT2D eigenvalue weighted by molar-refractivity contribution is 6.33. The Morgan fingerprint density at radius 2 is 1.77 bits per heavy atom. The number of ether oxygens (including phenoxy) is 1. The Morgan fingerprint density at radius 3 is 2.53 bits per heavy atom. The minimum absolute atomic E-state index is 0.0196. The number of nitrogens with zero attached hydrogens (tertiary/aromatic N) is 4. The van der Waals surface area contributed by atoms with Gasteiger partial charge in [-0.1, -0.05) is 59.2 Å². The molecule has 0 aliphatic carbocycles. The molecule has 1 saturated heterocycles. The minimum atomic E-state index is 0.0196. The van der Waals surface area contributed by atoms with Crippen molar-refractivity contribution in [3.8, 4) is 11.5 Å². The van der Waals surface area contributed by atoms with Gasteiger partial charge in [-0.2, -0.15) is 4.98 Å². The highest BCUT2D eigenvalue weighted by atomic mass is 35.5. The molecule has 3 aromatic rings. The average Bonchev–Trinajstić information content (AvgIpc) is 3.23. The van der Waals surface area contributed by atoms with Crippen LogP contribution in [0.2, 0.25) is 5.02 Å². The standard InChI is InChI=1S/C22H23ClN4O3/c23-19-9-5-4-8-18(19)22-24-20(25-30-22)14-26-10-12-27(13-11-26)21(28)16-29-15-17-6-2-1-3-7-17/h1-9H,10-16H2. The van der Waals surface area contributed by atoms with Gasteiger partial charge in [0.1, 0.15) is 6.61 Å². The molecule has 4 rings (SSSR count). The Labute approximate surface area is 180 Å². The molecule has 0 N–H and O–H groups in total. The number of carbonyl (C=O) groups is 1. The Hall–Kier alpha value is -2.74. The summed E-state index contributed by atoms with van der Waals surface area (Å²) in [4.78, 5) is 20.9. The number of piperazine rings is 1. The quantitative estimate of drug-likeness (QED) is 0.577. The number of aromatic nitrogens is 2. The van der Waals surface area contributed by atoms with E-state index in [0.29, 0.717) is 43.0 Å². The van der Waals surface area contributed by atoms with Crippen LogP contribution in [0.1, 0.15) is 11.4 Å². The molecule has 8 heteroatoms. The molecular formula is C22H23ClN4O3. The first-order valence-corrected chi connectivity index (χ1v) is 10.3. The zero-order valence-corrected chi connectivity index (χ0v) is 17.3. The predicted octanol–water partition coefficient (Wildman–Crippen LogP) is 3.25. The summed E-state index contributed by atoms with van der Waals surface area (Å²) in [6.07, 6.45) is 0. The topological polar surface area (TPSA) is 71.7 Å². The van der Waals surface area contributed by atoms with Crippen LogP contribution in [0.15, 0.2) is 59.1 Å². The van der Waals surface area contributed by atoms with Gasteiger partial charge in [-0.05, 0) is 17.7 Å². The Kier molecular flexibility index (Phi) is 6.74. The molecule has 1 aromatic heterocycles. The molecule has 7 nitrogen and oxygen atoms in total. The molecule has 1 aliphatic heterocycles. The molecule has 0 radical (unpaired) electrons. The third kappa shape index (κ3) is 5.24. The van der Waals surface area contributed by atoms with Gasteiger partial charge >= 0.3 is 0 Å². The van der Waals surface area contributed by atoms with Crippen LogP contribution in [-0.4, -0.2) is 58.6 Å². The number of hydrogen-bond acceptors (Lipinski definition) is 6. The summed E-state index contributed by atoms with van der Waals surface area (Å²) in [5.41, 5.74) is 1.79. The third-order valence-electron chi connectivity index (χ3n) is 5.00. The number of benzene rings is 2. The first-order valence-electron chi connectivity index (χ1n) is 9.88. The summed E-state index contributed by atoms with van der Waals surface area (Å²) in [7, 11) is 0. The lowest BCUT2D eigenvalue weighted by Crippen LogP contribution is -2.49. The summed E-state index contributed by atoms with van der Waals surface area (Å²) in [6.45, 7) is 3.92. The van der Waals surface area contributed by atoms with Crippen LogP contribution in [0.5, 0.6) is 0 Å². The fraction of sp³-hybridized carbons (Fsp3) is 0.318. The summed E-state index contributed by atoms with van der Waals surface area (Å²) in [5, 5.41) is 4.64. The van der Waals surface area contributed by atoms with Crippen LogP contribution >= 0.6 is 11.6 Å². The zero-order valence-electron chi connectivity index (χ0n) is 16.5. The van der Waals surface area contributed by atoms with Crippen molar-refractivity contribution in [1.82, 2.24) is 19.9 Å². The van der Waals surface area contributed by atoms with Crippen molar-refractivity contribution in [3.05, 3.63) is 71.0 Å². The van der Waals surface area contributed by atoms with Crippen molar-refractivity contribution in [2.75, 3.05) is 32.8 Å². The van der Waals surface area contributed by atoms with E-state index < -0.39 is 0 Å². The molecule has 1 aliphatic rings. The van der Waals surface area contributed by atoms with Crippen LogP contribution in [0, 0.1) is 0 Å². The SMILES string of the molecule is O=C(COCc1ccccc1)N1CCN(Cc2noc(-c3ccccc3Cl)n2)CC1. The van der Waals surface area contributed by atoms with E-state index in [1.54, 1.807) is 6.07 Å². The van der Waals surface area contributed by atoms with Crippen molar-refractivity contribution in [1.29, 1.82) is 0 Å². The van der Waals surface area contributed by atoms with E-state index in [9.17, 15) is 4.79 Å². The monoisotopic (exact) mass is 426 g/mol. The van der Waals surface area contributed by atoms with Crippen molar-refractivity contribution in [2.24, 2.45) is 0 Å². The van der Waals surface area contributed by atoms with Gasteiger partial charge in [0.25, 0.3) is 5.89 Å². The van der Waals surface area contributed by atoms with Gasteiger partial charge in [0, 0.05) is 26.2 Å². The van der Waals surface area contributed by atoms with Gasteiger partial charge in [-0.15, -0.1) is 0 Å². The second-order valence-corrected chi connectivity index (χ2v) is 7.54. The van der Waals surface area contributed by atoms with Crippen LogP contribution < -0.4 is 0 Å². The molecular weight excluding hydrogens is 404 g/mol. The van der Waals surface area contributed by atoms with E-state index in [1.807, 2.05) is 53.4 Å². The number of hydrogen-bond donors (Lipinski definition) is 0. The number of halogens is 1. The normalized spacial score (nSPS) is 14.8. The lowest BCUT2D eigenvalue weighted by Gasteiger charge is -2.34. The van der Waals surface area contributed by atoms with Gasteiger partial charge in [-0.25, -0.2) is 0 Å². The maximum Gasteiger partial charge on any atom is 0.259 e. The molecule has 0 unspecified atom stereocenters. The first-order chi connectivity index (χ1) is 14.7. The van der Waals surface area contributed by atoms with Crippen LogP contribution in [0.25, 0.3) is 11.5 Å². The third-order valence-corrected chi connectivity index (χ3v) is 5.33. The highest BCUT2D eigenvalue weighted by Gasteiger charge is 2.22. The molecule has 2 aromatic carbocycles. The lowest BCUT2D eigenvalue weighted by molar-refractivity contribution is -0.138. The minimum Gasteiger partial charge on any atom is -0.367 e. The van der Waals surface area contributed by atoms with E-state index >= 15 is 0 Å². The smallest absolute Gasteiger partial charge is 0.259 e. The van der Waals surface area contributed by atoms with E-state index in [0.717, 1.165) is 24.2 Å². The average molecular weight is 427 g/mol. The van der Waals surface area contributed by atoms with Gasteiger partial charge < -0.3 is 14.2 Å². The maximum atomic E-state index is 12.4. The van der Waals surface area contributed by atoms with Crippen LogP contribution in [-0.2, 0) is 22.7 Å². The summed E-state index contributed by atoms with van der Waals surface area (Å²) in [6, 6.07) is 17.2. The van der Waals surface area contributed by atoms with Crippen LogP contribution in [0.4, 0.5) is 0 Å². The molecule has 0 saturated carbocycles. The van der Waals surface area contributed by atoms with Crippen molar-refractivity contribution >= 4 is 17.5 Å². The second-order valence-electron chi connectivity index (χ2n) is 7.13. The van der Waals surface area contributed by atoms with Crippen molar-refractivity contribution in [2.45, 2.75) is 13.2 Å². The fourth-order valence-electron chi connectivity index (χ4n) is 3.34. The van der Waals surface area contributed by atoms with Crippen LogP contribution in [0.3, 0.4) is 0 Å². The first kappa shape index (κ1) is 20.5. The predicted molar refractivity (Wildman–Crippen MR) is 113 cm³/mol. The number of amides is 1. The van der Waals surface area contributed by atoms with Gasteiger partial charge in [-0.3, -0.25) is 9.69 Å². The van der Waals surface area contributed by atoms with E-state index in [1.165, 1.54) is 0 Å². The van der Waals surface area contributed by atoms with E-state index in [-0.39, 0.29) is 12.5 Å². The number of rotatable bonds is 7. The molecule has 0 atom stereocenters. The van der Waals surface area contributed by atoms with Gasteiger partial charge in [0.2, 0.25) is 5.91 Å². The zero-order chi connectivity index (χ0) is 20.8. The molecule has 2 heterocycles. The Bertz CT molecular complexity index is 971. The molecule has 0 bridgehead atoms.